The van der Waals surface area contributed by atoms with Crippen LogP contribution in [0.3, 0.4) is 0 Å². The SMILES string of the molecule is C=CCOC/C=C/[C@H]1CC(=C)C(CC[C@H]2C[C@@H](C)C(=C)C(CC3OC(C[C@H](O)CN)[C@H](OC)[C@H]3CS(=O)(=O)c3ccccc3)O2)O1. The maximum atomic E-state index is 13.5. The lowest BCUT2D eigenvalue weighted by Crippen LogP contribution is -2.40. The summed E-state index contributed by atoms with van der Waals surface area (Å²) in [4.78, 5) is 0.260. The molecule has 1 aromatic rings. The molecule has 0 aliphatic carbocycles. The number of aliphatic hydroxyl groups is 1. The highest BCUT2D eigenvalue weighted by Crippen LogP contribution is 2.41. The first-order valence-electron chi connectivity index (χ1n) is 16.4. The number of aliphatic hydroxyl groups excluding tert-OH is 1. The van der Waals surface area contributed by atoms with Gasteiger partial charge >= 0.3 is 0 Å². The van der Waals surface area contributed by atoms with Crippen LogP contribution < -0.4 is 5.73 Å². The fourth-order valence-corrected chi connectivity index (χ4v) is 8.59. The Hall–Kier alpha value is -2.15. The number of nitrogens with two attached hydrogens (primary N) is 1. The summed E-state index contributed by atoms with van der Waals surface area (Å²) in [5.41, 5.74) is 7.78. The number of rotatable bonds is 17. The largest absolute Gasteiger partial charge is 0.392 e. The molecule has 9 nitrogen and oxygen atoms in total. The monoisotopic (exact) mass is 659 g/mol. The van der Waals surface area contributed by atoms with Crippen molar-refractivity contribution in [1.29, 1.82) is 0 Å². The minimum Gasteiger partial charge on any atom is -0.392 e. The summed E-state index contributed by atoms with van der Waals surface area (Å²) in [6.07, 6.45) is 7.02. The van der Waals surface area contributed by atoms with Gasteiger partial charge in [-0.1, -0.05) is 56.5 Å². The van der Waals surface area contributed by atoms with E-state index in [1.807, 2.05) is 12.2 Å². The molecule has 3 heterocycles. The van der Waals surface area contributed by atoms with Gasteiger partial charge in [0.25, 0.3) is 0 Å². The highest BCUT2D eigenvalue weighted by molar-refractivity contribution is 7.91. The van der Waals surface area contributed by atoms with Crippen molar-refractivity contribution in [2.75, 3.05) is 32.6 Å². The van der Waals surface area contributed by atoms with E-state index in [9.17, 15) is 13.5 Å². The smallest absolute Gasteiger partial charge is 0.178 e. The zero-order chi connectivity index (χ0) is 33.3. The lowest BCUT2D eigenvalue weighted by molar-refractivity contribution is -0.0766. The first-order chi connectivity index (χ1) is 22.1. The maximum absolute atomic E-state index is 13.5. The molecule has 256 valence electrons. The molecule has 0 aromatic heterocycles. The zero-order valence-corrected chi connectivity index (χ0v) is 28.2. The molecule has 3 saturated heterocycles. The number of hydrogen-bond acceptors (Lipinski definition) is 9. The minimum atomic E-state index is -3.64. The van der Waals surface area contributed by atoms with Crippen LogP contribution in [0.1, 0.15) is 45.4 Å². The molecule has 1 aromatic carbocycles. The molecule has 4 unspecified atom stereocenters. The van der Waals surface area contributed by atoms with Gasteiger partial charge in [-0.15, -0.1) is 6.58 Å². The van der Waals surface area contributed by atoms with Gasteiger partial charge in [-0.05, 0) is 48.5 Å². The van der Waals surface area contributed by atoms with E-state index in [4.69, 9.17) is 29.4 Å². The summed E-state index contributed by atoms with van der Waals surface area (Å²) in [5.74, 6) is -0.395. The molecule has 3 aliphatic heterocycles. The molecular formula is C36H53NO8S. The van der Waals surface area contributed by atoms with Gasteiger partial charge in [0.15, 0.2) is 9.84 Å². The van der Waals surface area contributed by atoms with Gasteiger partial charge in [-0.25, -0.2) is 8.42 Å². The summed E-state index contributed by atoms with van der Waals surface area (Å²) in [6.45, 7) is 15.6. The van der Waals surface area contributed by atoms with Gasteiger partial charge in [0.1, 0.15) is 0 Å². The molecule has 10 heteroatoms. The third-order valence-corrected chi connectivity index (χ3v) is 11.3. The van der Waals surface area contributed by atoms with E-state index >= 15 is 0 Å². The number of methoxy groups -OCH3 is 1. The third-order valence-electron chi connectivity index (χ3n) is 9.45. The van der Waals surface area contributed by atoms with Crippen molar-refractivity contribution in [3.05, 3.63) is 79.4 Å². The molecule has 3 N–H and O–H groups in total. The van der Waals surface area contributed by atoms with Crippen LogP contribution in [0.5, 0.6) is 0 Å². The minimum absolute atomic E-state index is 0.00775. The van der Waals surface area contributed by atoms with Crippen LogP contribution >= 0.6 is 0 Å². The van der Waals surface area contributed by atoms with E-state index in [1.165, 1.54) is 0 Å². The lowest BCUT2D eigenvalue weighted by Gasteiger charge is -2.38. The molecule has 3 fully saturated rings. The molecule has 4 rings (SSSR count). The maximum Gasteiger partial charge on any atom is 0.178 e. The van der Waals surface area contributed by atoms with Crippen molar-refractivity contribution < 1.29 is 37.2 Å². The molecule has 0 bridgehead atoms. The molecule has 46 heavy (non-hydrogen) atoms. The topological polar surface area (TPSA) is 127 Å². The van der Waals surface area contributed by atoms with Crippen LogP contribution in [0, 0.1) is 11.8 Å². The summed E-state index contributed by atoms with van der Waals surface area (Å²) >= 11 is 0. The average molecular weight is 660 g/mol. The van der Waals surface area contributed by atoms with E-state index < -0.39 is 40.2 Å². The predicted molar refractivity (Wildman–Crippen MR) is 179 cm³/mol. The Morgan fingerprint density at radius 1 is 1.09 bits per heavy atom. The van der Waals surface area contributed by atoms with Crippen molar-refractivity contribution in [2.24, 2.45) is 17.6 Å². The molecule has 3 aliphatic rings. The fraction of sp³-hybridized carbons (Fsp3) is 0.611. The van der Waals surface area contributed by atoms with Gasteiger partial charge in [0.2, 0.25) is 0 Å². The third kappa shape index (κ3) is 9.70. The summed E-state index contributed by atoms with van der Waals surface area (Å²) < 4.78 is 57.8. The number of benzene rings is 1. The van der Waals surface area contributed by atoms with E-state index in [1.54, 1.807) is 43.5 Å². The highest BCUT2D eigenvalue weighted by Gasteiger charge is 2.48. The Labute approximate surface area is 275 Å². The van der Waals surface area contributed by atoms with E-state index in [2.05, 4.69) is 26.7 Å². The van der Waals surface area contributed by atoms with Crippen LogP contribution in [0.4, 0.5) is 0 Å². The van der Waals surface area contributed by atoms with Crippen LogP contribution in [0.15, 0.2) is 84.3 Å². The van der Waals surface area contributed by atoms with Gasteiger partial charge in [0.05, 0.1) is 72.7 Å². The first-order valence-corrected chi connectivity index (χ1v) is 18.1. The summed E-state index contributed by atoms with van der Waals surface area (Å²) in [5, 5.41) is 10.4. The van der Waals surface area contributed by atoms with Crippen molar-refractivity contribution in [3.63, 3.8) is 0 Å². The molecule has 10 atom stereocenters. The summed E-state index contributed by atoms with van der Waals surface area (Å²) in [7, 11) is -2.08. The highest BCUT2D eigenvalue weighted by atomic mass is 32.2. The Balaban J connectivity index is 1.42. The number of hydrogen-bond donors (Lipinski definition) is 2. The van der Waals surface area contributed by atoms with Crippen LogP contribution in [0.25, 0.3) is 0 Å². The van der Waals surface area contributed by atoms with Crippen molar-refractivity contribution >= 4 is 9.84 Å². The number of ether oxygens (including phenoxy) is 5. The predicted octanol–water partition coefficient (Wildman–Crippen LogP) is 4.56. The second-order valence-electron chi connectivity index (χ2n) is 12.8. The molecule has 0 amide bonds. The zero-order valence-electron chi connectivity index (χ0n) is 27.4. The Bertz CT molecular complexity index is 1280. The van der Waals surface area contributed by atoms with E-state index in [-0.39, 0.29) is 53.9 Å². The van der Waals surface area contributed by atoms with Crippen molar-refractivity contribution in [3.8, 4) is 0 Å². The Kier molecular flexibility index (Phi) is 13.8. The standard InChI is InChI=1S/C36H53NO8S/c1-6-16-42-17-10-11-28-19-25(3)32(43-28)15-14-29-18-24(2)26(4)33(44-29)21-34-31(23-46(39,40)30-12-8-7-9-13-30)36(41-5)35(45-34)20-27(38)22-37/h6-13,24,27-29,31-36,38H,1,3-4,14-23,37H2,2,5H3/b11-10+/t24-,27+,28+,29+,31+,32?,33?,34?,35?,36-/m1/s1. The van der Waals surface area contributed by atoms with Crippen LogP contribution in [-0.2, 0) is 33.5 Å². The van der Waals surface area contributed by atoms with E-state index in [0.717, 1.165) is 36.8 Å². The Morgan fingerprint density at radius 2 is 1.85 bits per heavy atom. The second-order valence-corrected chi connectivity index (χ2v) is 14.9. The second kappa shape index (κ2) is 17.3. The van der Waals surface area contributed by atoms with Gasteiger partial charge in [0, 0.05) is 38.8 Å². The lowest BCUT2D eigenvalue weighted by atomic mass is 9.83. The van der Waals surface area contributed by atoms with Gasteiger partial charge in [-0.3, -0.25) is 0 Å². The molecule has 0 spiro atoms. The summed E-state index contributed by atoms with van der Waals surface area (Å²) in [6, 6.07) is 8.44. The Morgan fingerprint density at radius 3 is 2.54 bits per heavy atom. The van der Waals surface area contributed by atoms with E-state index in [0.29, 0.717) is 19.6 Å². The molecule has 0 radical (unpaired) electrons. The fourth-order valence-electron chi connectivity index (χ4n) is 6.92. The van der Waals surface area contributed by atoms with Crippen molar-refractivity contribution in [2.45, 2.75) is 99.2 Å². The molecule has 0 saturated carbocycles. The molecular weight excluding hydrogens is 606 g/mol. The first kappa shape index (κ1) is 36.7. The quantitative estimate of drug-likeness (QED) is 0.183. The van der Waals surface area contributed by atoms with Crippen molar-refractivity contribution in [1.82, 2.24) is 0 Å². The number of sulfone groups is 1. The van der Waals surface area contributed by atoms with Gasteiger partial charge in [-0.2, -0.15) is 0 Å². The average Bonchev–Trinajstić information content (AvgIpc) is 3.55. The van der Waals surface area contributed by atoms with Crippen LogP contribution in [0.2, 0.25) is 0 Å². The van der Waals surface area contributed by atoms with Crippen LogP contribution in [-0.4, -0.2) is 95.0 Å². The van der Waals surface area contributed by atoms with Gasteiger partial charge < -0.3 is 34.5 Å². The normalized spacial score (nSPS) is 32.7.